The number of piperidine rings is 1. The van der Waals surface area contributed by atoms with Crippen molar-refractivity contribution in [3.63, 3.8) is 0 Å². The topological polar surface area (TPSA) is 133 Å². The number of aromatic nitrogens is 1. The first kappa shape index (κ1) is 31.0. The normalized spacial score (nSPS) is 15.6. The number of ether oxygens (including phenoxy) is 3. The molecule has 44 heavy (non-hydrogen) atoms. The van der Waals surface area contributed by atoms with Gasteiger partial charge in [-0.3, -0.25) is 14.8 Å². The van der Waals surface area contributed by atoms with Gasteiger partial charge in [0.05, 0.1) is 29.8 Å². The molecule has 1 atom stereocenters. The Morgan fingerprint density at radius 2 is 1.91 bits per heavy atom. The van der Waals surface area contributed by atoms with Gasteiger partial charge in [-0.05, 0) is 62.1 Å². The minimum Gasteiger partial charge on any atom is -0.493 e. The van der Waals surface area contributed by atoms with Gasteiger partial charge in [-0.2, -0.15) is 0 Å². The Morgan fingerprint density at radius 3 is 2.66 bits per heavy atom. The molecule has 3 aromatic carbocycles. The van der Waals surface area contributed by atoms with Crippen LogP contribution in [0, 0.1) is 21.8 Å². The lowest BCUT2D eigenvalue weighted by Crippen LogP contribution is -2.35. The molecule has 1 aliphatic rings. The molecule has 0 amide bonds. The third-order valence-corrected chi connectivity index (χ3v) is 8.75. The van der Waals surface area contributed by atoms with Crippen molar-refractivity contribution in [2.75, 3.05) is 38.1 Å². The first-order chi connectivity index (χ1) is 21.1. The number of pyridine rings is 1. The fraction of sp³-hybridized carbons (Fsp3) is 0.323. The number of rotatable bonds is 12. The first-order valence-corrected chi connectivity index (χ1v) is 15.7. The predicted octanol–water partition coefficient (Wildman–Crippen LogP) is 6.38. The van der Waals surface area contributed by atoms with Gasteiger partial charge >= 0.3 is 0 Å². The molecular weight excluding hydrogens is 591 g/mol. The molecule has 1 unspecified atom stereocenters. The van der Waals surface area contributed by atoms with E-state index in [4.69, 9.17) is 14.2 Å². The Labute approximate surface area is 254 Å². The van der Waals surface area contributed by atoms with E-state index in [-0.39, 0.29) is 17.3 Å². The minimum atomic E-state index is -4.36. The summed E-state index contributed by atoms with van der Waals surface area (Å²) in [6.45, 7) is 6.00. The predicted molar refractivity (Wildman–Crippen MR) is 164 cm³/mol. The number of halogens is 1. The zero-order chi connectivity index (χ0) is 31.3. The van der Waals surface area contributed by atoms with Crippen LogP contribution < -0.4 is 18.9 Å². The van der Waals surface area contributed by atoms with Crippen molar-refractivity contribution < 1.29 is 31.9 Å². The van der Waals surface area contributed by atoms with Crippen LogP contribution in [-0.4, -0.2) is 56.6 Å². The van der Waals surface area contributed by atoms with Crippen LogP contribution in [0.25, 0.3) is 10.9 Å². The van der Waals surface area contributed by atoms with Crippen molar-refractivity contribution in [3.05, 3.63) is 82.7 Å². The van der Waals surface area contributed by atoms with Gasteiger partial charge in [0.15, 0.2) is 28.0 Å². The van der Waals surface area contributed by atoms with Crippen molar-refractivity contribution in [2.45, 2.75) is 31.1 Å². The summed E-state index contributed by atoms with van der Waals surface area (Å²) >= 11 is 0. The van der Waals surface area contributed by atoms with E-state index in [9.17, 15) is 22.9 Å². The third-order valence-electron chi connectivity index (χ3n) is 7.32. The highest BCUT2D eigenvalue weighted by Crippen LogP contribution is 2.34. The molecule has 1 saturated heterocycles. The van der Waals surface area contributed by atoms with Crippen LogP contribution in [0.4, 0.5) is 15.8 Å². The molecule has 1 aliphatic heterocycles. The smallest absolute Gasteiger partial charge is 0.289 e. The van der Waals surface area contributed by atoms with Crippen molar-refractivity contribution in [1.29, 1.82) is 0 Å². The maximum Gasteiger partial charge on any atom is 0.289 e. The molecule has 0 spiro atoms. The standard InChI is InChI=1S/C31H33FN4O7S/c1-21-7-5-14-35(20-21)15-6-16-42-29-19-25-22(17-28(29)41-2)10-13-31(33-25)43-27-12-11-23(18-24(27)32)34-44(39,40)30-9-4-3-8-26(30)36(37)38/h3-4,8-13,17-19,21,34H,5-7,14-16,20H2,1-2H3. The van der Waals surface area contributed by atoms with E-state index >= 15 is 0 Å². The van der Waals surface area contributed by atoms with E-state index < -0.39 is 31.3 Å². The number of nitro groups is 1. The van der Waals surface area contributed by atoms with Crippen LogP contribution in [0.1, 0.15) is 26.2 Å². The molecular formula is C31H33FN4O7S. The summed E-state index contributed by atoms with van der Waals surface area (Å²) in [4.78, 5) is 16.9. The summed E-state index contributed by atoms with van der Waals surface area (Å²) in [5, 5.41) is 12.0. The highest BCUT2D eigenvalue weighted by molar-refractivity contribution is 7.92. The zero-order valence-corrected chi connectivity index (χ0v) is 25.2. The summed E-state index contributed by atoms with van der Waals surface area (Å²) in [5.41, 5.74) is -0.179. The maximum atomic E-state index is 15.0. The average Bonchev–Trinajstić information content (AvgIpc) is 3.00. The molecule has 5 rings (SSSR count). The van der Waals surface area contributed by atoms with Crippen LogP contribution in [0.3, 0.4) is 0 Å². The number of fused-ring (bicyclic) bond motifs is 1. The average molecular weight is 625 g/mol. The largest absolute Gasteiger partial charge is 0.493 e. The summed E-state index contributed by atoms with van der Waals surface area (Å²) in [6.07, 6.45) is 3.38. The second-order valence-corrected chi connectivity index (χ2v) is 12.3. The van der Waals surface area contributed by atoms with Crippen LogP contribution in [0.5, 0.6) is 23.1 Å². The van der Waals surface area contributed by atoms with Gasteiger partial charge in [-0.1, -0.05) is 19.1 Å². The Kier molecular flexibility index (Phi) is 9.45. The van der Waals surface area contributed by atoms with Gasteiger partial charge in [-0.25, -0.2) is 17.8 Å². The molecule has 13 heteroatoms. The monoisotopic (exact) mass is 624 g/mol. The molecule has 0 bridgehead atoms. The van der Waals surface area contributed by atoms with Crippen molar-refractivity contribution in [2.24, 2.45) is 5.92 Å². The summed E-state index contributed by atoms with van der Waals surface area (Å²) in [5.74, 6) is 0.888. The highest BCUT2D eigenvalue weighted by atomic mass is 32.2. The van der Waals surface area contributed by atoms with Crippen molar-refractivity contribution >= 4 is 32.3 Å². The van der Waals surface area contributed by atoms with E-state index in [1.54, 1.807) is 25.3 Å². The quantitative estimate of drug-likeness (QED) is 0.108. The van der Waals surface area contributed by atoms with E-state index in [2.05, 4.69) is 21.5 Å². The highest BCUT2D eigenvalue weighted by Gasteiger charge is 2.25. The first-order valence-electron chi connectivity index (χ1n) is 14.2. The lowest BCUT2D eigenvalue weighted by atomic mass is 10.0. The minimum absolute atomic E-state index is 0.111. The Morgan fingerprint density at radius 1 is 1.09 bits per heavy atom. The summed E-state index contributed by atoms with van der Waals surface area (Å²) in [7, 11) is -2.79. The second-order valence-electron chi connectivity index (χ2n) is 10.7. The van der Waals surface area contributed by atoms with Gasteiger partial charge in [-0.15, -0.1) is 0 Å². The molecule has 11 nitrogen and oxygen atoms in total. The number of hydrogen-bond acceptors (Lipinski definition) is 9. The maximum absolute atomic E-state index is 15.0. The lowest BCUT2D eigenvalue weighted by Gasteiger charge is -2.30. The molecule has 1 aromatic heterocycles. The fourth-order valence-corrected chi connectivity index (χ4v) is 6.43. The second kappa shape index (κ2) is 13.4. The van der Waals surface area contributed by atoms with Crippen LogP contribution >= 0.6 is 0 Å². The fourth-order valence-electron chi connectivity index (χ4n) is 5.21. The number of nitrogens with one attached hydrogen (secondary N) is 1. The lowest BCUT2D eigenvalue weighted by molar-refractivity contribution is -0.387. The number of methoxy groups -OCH3 is 1. The van der Waals surface area contributed by atoms with E-state index in [1.807, 2.05) is 6.07 Å². The van der Waals surface area contributed by atoms with Crippen LogP contribution in [-0.2, 0) is 10.0 Å². The Hall–Kier alpha value is -4.49. The van der Waals surface area contributed by atoms with Gasteiger partial charge in [0.25, 0.3) is 15.7 Å². The number of sulfonamides is 1. The van der Waals surface area contributed by atoms with Gasteiger partial charge < -0.3 is 19.1 Å². The van der Waals surface area contributed by atoms with Crippen LogP contribution in [0.15, 0.2) is 71.6 Å². The number of anilines is 1. The summed E-state index contributed by atoms with van der Waals surface area (Å²) in [6, 6.07) is 15.2. The van der Waals surface area contributed by atoms with Gasteiger partial charge in [0.2, 0.25) is 5.88 Å². The Balaban J connectivity index is 1.27. The number of nitro benzene ring substituents is 1. The molecule has 1 fully saturated rings. The third kappa shape index (κ3) is 7.34. The zero-order valence-electron chi connectivity index (χ0n) is 24.4. The van der Waals surface area contributed by atoms with E-state index in [1.165, 1.54) is 37.1 Å². The number of benzene rings is 3. The Bertz CT molecular complexity index is 1770. The van der Waals surface area contributed by atoms with Crippen molar-refractivity contribution in [1.82, 2.24) is 9.88 Å². The SMILES string of the molecule is COc1cc2ccc(Oc3ccc(NS(=O)(=O)c4ccccc4[N+](=O)[O-])cc3F)nc2cc1OCCCN1CCCC(C)C1. The van der Waals surface area contributed by atoms with E-state index in [0.717, 1.165) is 55.6 Å². The number of hydrogen-bond donors (Lipinski definition) is 1. The number of nitrogens with zero attached hydrogens (tertiary/aromatic N) is 3. The molecule has 2 heterocycles. The van der Waals surface area contributed by atoms with Crippen molar-refractivity contribution in [3.8, 4) is 23.1 Å². The van der Waals surface area contributed by atoms with E-state index in [0.29, 0.717) is 23.6 Å². The molecule has 0 saturated carbocycles. The molecule has 1 N–H and O–H groups in total. The number of para-hydroxylation sites is 1. The van der Waals surface area contributed by atoms with Crippen LogP contribution in [0.2, 0.25) is 0 Å². The van der Waals surface area contributed by atoms with Gasteiger partial charge in [0, 0.05) is 42.7 Å². The summed E-state index contributed by atoms with van der Waals surface area (Å²) < 4.78 is 60.0. The molecule has 232 valence electrons. The van der Waals surface area contributed by atoms with Gasteiger partial charge in [0.1, 0.15) is 0 Å². The molecule has 4 aromatic rings. The molecule has 0 aliphatic carbocycles. The number of likely N-dealkylation sites (tertiary alicyclic amines) is 1. The molecule has 0 radical (unpaired) electrons.